The lowest BCUT2D eigenvalue weighted by atomic mass is 10.0. The number of amides is 4. The van der Waals surface area contributed by atoms with Crippen LogP contribution in [0.3, 0.4) is 0 Å². The van der Waals surface area contributed by atoms with Crippen LogP contribution in [0, 0.1) is 0 Å². The van der Waals surface area contributed by atoms with E-state index in [1.165, 1.54) is 0 Å². The van der Waals surface area contributed by atoms with Gasteiger partial charge >= 0.3 is 5.97 Å². The average molecular weight is 743 g/mol. The minimum Gasteiger partial charge on any atom is -0.491 e. The van der Waals surface area contributed by atoms with Crippen molar-refractivity contribution in [2.75, 3.05) is 19.6 Å². The van der Waals surface area contributed by atoms with E-state index in [1.807, 2.05) is 71.1 Å². The number of carbonyl (C=O) groups excluding carboxylic acids is 6. The fraction of sp³-hybridized carbons (Fsp3) is 0.381. The topological polar surface area (TPSA) is 169 Å². The lowest BCUT2D eigenvalue weighted by molar-refractivity contribution is -0.156. The quantitative estimate of drug-likeness (QED) is 0.0585. The lowest BCUT2D eigenvalue weighted by Crippen LogP contribution is -2.46. The SMILES string of the molecule is C=C/C=C\C(C)=CCCC(OC(=O)CNC(=O)CCC1=CCC=C(C)C=C1)C(=O)NCC(=O)C(=O)NCC(=O)NC(C(=C)OC(C)(C)C)c1ccccc1. The van der Waals surface area contributed by atoms with Gasteiger partial charge < -0.3 is 30.7 Å². The van der Waals surface area contributed by atoms with E-state index in [2.05, 4.69) is 40.5 Å². The van der Waals surface area contributed by atoms with Gasteiger partial charge in [-0.05, 0) is 65.9 Å². The smallest absolute Gasteiger partial charge is 0.326 e. The normalized spacial score (nSPS) is 14.0. The predicted octanol–water partition coefficient (Wildman–Crippen LogP) is 5.08. The third kappa shape index (κ3) is 18.1. The van der Waals surface area contributed by atoms with E-state index in [0.717, 1.165) is 23.1 Å². The highest BCUT2D eigenvalue weighted by Crippen LogP contribution is 2.25. The molecule has 12 heteroatoms. The number of carbonyl (C=O) groups is 6. The number of hydrogen-bond acceptors (Lipinski definition) is 8. The molecule has 2 atom stereocenters. The number of benzene rings is 1. The van der Waals surface area contributed by atoms with Gasteiger partial charge in [0, 0.05) is 6.42 Å². The molecule has 0 aliphatic heterocycles. The number of ether oxygens (including phenoxy) is 2. The molecule has 290 valence electrons. The third-order valence-electron chi connectivity index (χ3n) is 7.69. The average Bonchev–Trinajstić information content (AvgIpc) is 3.34. The highest BCUT2D eigenvalue weighted by atomic mass is 16.5. The van der Waals surface area contributed by atoms with Crippen molar-refractivity contribution in [2.45, 2.75) is 84.5 Å². The van der Waals surface area contributed by atoms with Crippen molar-refractivity contribution in [2.24, 2.45) is 0 Å². The summed E-state index contributed by atoms with van der Waals surface area (Å²) in [5.74, 6) is -4.45. The molecule has 0 aromatic heterocycles. The summed E-state index contributed by atoms with van der Waals surface area (Å²) < 4.78 is 11.3. The second kappa shape index (κ2) is 23.0. The first kappa shape index (κ1) is 44.4. The van der Waals surface area contributed by atoms with E-state index in [0.29, 0.717) is 18.4 Å². The lowest BCUT2D eigenvalue weighted by Gasteiger charge is -2.28. The Bertz CT molecular complexity index is 1680. The van der Waals surface area contributed by atoms with E-state index in [9.17, 15) is 28.8 Å². The Balaban J connectivity index is 1.94. The summed E-state index contributed by atoms with van der Waals surface area (Å²) in [6.07, 6.45) is 15.6. The molecule has 4 N–H and O–H groups in total. The molecule has 1 aliphatic carbocycles. The molecular formula is C42H54N4O8. The Morgan fingerprint density at radius 3 is 2.33 bits per heavy atom. The van der Waals surface area contributed by atoms with Crippen LogP contribution in [0.15, 0.2) is 115 Å². The van der Waals surface area contributed by atoms with E-state index in [1.54, 1.807) is 36.4 Å². The first-order chi connectivity index (χ1) is 25.6. The third-order valence-corrected chi connectivity index (χ3v) is 7.69. The molecule has 1 aliphatic rings. The number of allylic oxidation sites excluding steroid dienone is 11. The number of ketones is 1. The Morgan fingerprint density at radius 1 is 0.926 bits per heavy atom. The second-order valence-corrected chi connectivity index (χ2v) is 13.6. The van der Waals surface area contributed by atoms with Crippen molar-refractivity contribution in [3.8, 4) is 0 Å². The number of nitrogens with one attached hydrogen (secondary N) is 4. The Labute approximate surface area is 318 Å². The van der Waals surface area contributed by atoms with Gasteiger partial charge in [-0.1, -0.05) is 109 Å². The first-order valence-corrected chi connectivity index (χ1v) is 17.8. The monoisotopic (exact) mass is 742 g/mol. The van der Waals surface area contributed by atoms with Gasteiger partial charge in [-0.2, -0.15) is 0 Å². The molecule has 0 radical (unpaired) electrons. The van der Waals surface area contributed by atoms with E-state index in [4.69, 9.17) is 9.47 Å². The Morgan fingerprint density at radius 2 is 1.65 bits per heavy atom. The largest absolute Gasteiger partial charge is 0.491 e. The molecular weight excluding hydrogens is 688 g/mol. The van der Waals surface area contributed by atoms with Gasteiger partial charge in [0.15, 0.2) is 6.10 Å². The van der Waals surface area contributed by atoms with E-state index < -0.39 is 66.9 Å². The summed E-state index contributed by atoms with van der Waals surface area (Å²) >= 11 is 0. The van der Waals surface area contributed by atoms with Crippen LogP contribution in [-0.2, 0) is 38.2 Å². The predicted molar refractivity (Wildman–Crippen MR) is 208 cm³/mol. The zero-order chi connectivity index (χ0) is 40.1. The first-order valence-electron chi connectivity index (χ1n) is 17.8. The summed E-state index contributed by atoms with van der Waals surface area (Å²) in [4.78, 5) is 76.2. The van der Waals surface area contributed by atoms with Crippen molar-refractivity contribution in [3.63, 3.8) is 0 Å². The number of esters is 1. The molecule has 1 aromatic rings. The second-order valence-electron chi connectivity index (χ2n) is 13.6. The maximum absolute atomic E-state index is 13.1. The summed E-state index contributed by atoms with van der Waals surface area (Å²) in [6.45, 7) is 15.3. The van der Waals surface area contributed by atoms with E-state index in [-0.39, 0.29) is 24.5 Å². The molecule has 0 heterocycles. The minimum atomic E-state index is -1.32. The van der Waals surface area contributed by atoms with Gasteiger partial charge in [-0.25, -0.2) is 0 Å². The zero-order valence-corrected chi connectivity index (χ0v) is 32.0. The fourth-order valence-electron chi connectivity index (χ4n) is 4.95. The van der Waals surface area contributed by atoms with Crippen LogP contribution in [0.25, 0.3) is 0 Å². The van der Waals surface area contributed by atoms with Crippen molar-refractivity contribution in [1.29, 1.82) is 0 Å². The van der Waals surface area contributed by atoms with Gasteiger partial charge in [0.05, 0.1) is 13.1 Å². The molecule has 1 aromatic carbocycles. The molecule has 0 spiro atoms. The van der Waals surface area contributed by atoms with Crippen LogP contribution in [-0.4, -0.2) is 66.7 Å². The van der Waals surface area contributed by atoms with Crippen molar-refractivity contribution in [1.82, 2.24) is 21.3 Å². The van der Waals surface area contributed by atoms with Crippen LogP contribution >= 0.6 is 0 Å². The minimum absolute atomic E-state index is 0.0616. The van der Waals surface area contributed by atoms with E-state index >= 15 is 0 Å². The van der Waals surface area contributed by atoms with Gasteiger partial charge in [-0.15, -0.1) is 0 Å². The Kier molecular flexibility index (Phi) is 18.9. The molecule has 54 heavy (non-hydrogen) atoms. The van der Waals surface area contributed by atoms with Crippen molar-refractivity contribution in [3.05, 3.63) is 120 Å². The van der Waals surface area contributed by atoms with Crippen LogP contribution < -0.4 is 21.3 Å². The Hall–Kier alpha value is -5.78. The number of hydrogen-bond donors (Lipinski definition) is 4. The van der Waals surface area contributed by atoms with Crippen LogP contribution in [0.5, 0.6) is 0 Å². The fourth-order valence-corrected chi connectivity index (χ4v) is 4.95. The van der Waals surface area contributed by atoms with Gasteiger partial charge in [0.2, 0.25) is 17.6 Å². The molecule has 12 nitrogen and oxygen atoms in total. The van der Waals surface area contributed by atoms with Gasteiger partial charge in [0.25, 0.3) is 11.8 Å². The van der Waals surface area contributed by atoms with Crippen LogP contribution in [0.2, 0.25) is 0 Å². The van der Waals surface area contributed by atoms with Crippen molar-refractivity contribution < 1.29 is 38.2 Å². The standard InChI is InChI=1S/C42H54N4O8/c1-8-9-15-29(2)17-14-21-35(53-38(50)28-43-36(48)25-24-32-18-13-16-30(3)22-23-32)41(52)44-26-34(47)40(51)45-27-37(49)46-39(31(4)54-42(5,6)7)33-19-11-10-12-20-33/h8-12,15-20,22-23,35,39H,1,4,13-14,21,24-28H2,2-3,5-7H3,(H,43,48)(H,44,52)(H,45,51)(H,46,49)/b15-9-,29-17?. The molecule has 0 saturated heterocycles. The molecule has 0 fully saturated rings. The van der Waals surface area contributed by atoms with Crippen LogP contribution in [0.1, 0.15) is 78.3 Å². The summed E-state index contributed by atoms with van der Waals surface area (Å²) in [5, 5.41) is 9.88. The van der Waals surface area contributed by atoms with Crippen LogP contribution in [0.4, 0.5) is 0 Å². The molecule has 0 saturated carbocycles. The maximum Gasteiger partial charge on any atom is 0.326 e. The summed E-state index contributed by atoms with van der Waals surface area (Å²) in [7, 11) is 0. The van der Waals surface area contributed by atoms with Gasteiger partial charge in [0.1, 0.15) is 23.9 Å². The summed E-state index contributed by atoms with van der Waals surface area (Å²) in [6, 6.07) is 8.28. The maximum atomic E-state index is 13.1. The summed E-state index contributed by atoms with van der Waals surface area (Å²) in [5.41, 5.74) is 3.17. The molecule has 2 rings (SSSR count). The highest BCUT2D eigenvalue weighted by Gasteiger charge is 2.26. The number of rotatable bonds is 21. The number of Topliss-reactive ketones (excluding diaryl/α,β-unsaturated/α-hetero) is 1. The zero-order valence-electron chi connectivity index (χ0n) is 32.0. The molecule has 4 amide bonds. The van der Waals surface area contributed by atoms with Gasteiger partial charge in [-0.3, -0.25) is 28.8 Å². The molecule has 2 unspecified atom stereocenters. The highest BCUT2D eigenvalue weighted by molar-refractivity contribution is 6.37. The molecule has 0 bridgehead atoms. The van der Waals surface area contributed by atoms with Crippen molar-refractivity contribution >= 4 is 35.4 Å².